The minimum absolute atomic E-state index is 0.0702. The van der Waals surface area contributed by atoms with Crippen molar-refractivity contribution in [2.24, 2.45) is 5.73 Å². The lowest BCUT2D eigenvalue weighted by Gasteiger charge is -2.15. The zero-order valence-corrected chi connectivity index (χ0v) is 14.7. The van der Waals surface area contributed by atoms with Gasteiger partial charge in [-0.25, -0.2) is 0 Å². The molecular weight excluding hydrogens is 373 g/mol. The van der Waals surface area contributed by atoms with E-state index in [-0.39, 0.29) is 6.04 Å². The molecule has 5 heteroatoms. The largest absolute Gasteiger partial charge is 0.487 e. The van der Waals surface area contributed by atoms with Gasteiger partial charge in [-0.05, 0) is 53.0 Å². The van der Waals surface area contributed by atoms with Crippen LogP contribution in [-0.4, -0.2) is 6.04 Å². The quantitative estimate of drug-likeness (QED) is 0.761. The van der Waals surface area contributed by atoms with Crippen molar-refractivity contribution in [2.75, 3.05) is 0 Å². The molecule has 0 aromatic heterocycles. The summed E-state index contributed by atoms with van der Waals surface area (Å²) >= 11 is 15.6. The lowest BCUT2D eigenvalue weighted by Crippen LogP contribution is -2.18. The van der Waals surface area contributed by atoms with Crippen molar-refractivity contribution in [2.45, 2.75) is 26.0 Å². The van der Waals surface area contributed by atoms with E-state index in [9.17, 15) is 0 Å². The Morgan fingerprint density at radius 2 is 1.95 bits per heavy atom. The van der Waals surface area contributed by atoms with Gasteiger partial charge in [-0.2, -0.15) is 0 Å². The van der Waals surface area contributed by atoms with E-state index in [1.165, 1.54) is 0 Å². The zero-order valence-electron chi connectivity index (χ0n) is 11.6. The van der Waals surface area contributed by atoms with Crippen molar-refractivity contribution in [3.63, 3.8) is 0 Å². The van der Waals surface area contributed by atoms with Gasteiger partial charge in [-0.15, -0.1) is 0 Å². The van der Waals surface area contributed by atoms with Crippen LogP contribution in [0, 0.1) is 0 Å². The average molecular weight is 389 g/mol. The normalized spacial score (nSPS) is 12.2. The lowest BCUT2D eigenvalue weighted by molar-refractivity contribution is 0.300. The summed E-state index contributed by atoms with van der Waals surface area (Å²) in [5, 5.41) is 1.21. The van der Waals surface area contributed by atoms with E-state index in [4.69, 9.17) is 33.7 Å². The molecule has 0 aliphatic carbocycles. The van der Waals surface area contributed by atoms with Gasteiger partial charge in [0.2, 0.25) is 0 Å². The molecule has 0 heterocycles. The second-order valence-corrected chi connectivity index (χ2v) is 6.63. The summed E-state index contributed by atoms with van der Waals surface area (Å²) in [6.07, 6.45) is 0.753. The van der Waals surface area contributed by atoms with E-state index in [0.29, 0.717) is 16.7 Å². The van der Waals surface area contributed by atoms with Gasteiger partial charge in [0.05, 0.1) is 4.47 Å². The first-order chi connectivity index (χ1) is 9.97. The Bertz CT molecular complexity index is 632. The zero-order chi connectivity index (χ0) is 15.4. The van der Waals surface area contributed by atoms with Crippen LogP contribution in [0.4, 0.5) is 0 Å². The summed E-state index contributed by atoms with van der Waals surface area (Å²) < 4.78 is 6.85. The highest BCUT2D eigenvalue weighted by atomic mass is 79.9. The van der Waals surface area contributed by atoms with Crippen LogP contribution >= 0.6 is 39.1 Å². The molecule has 2 nitrogen and oxygen atoms in total. The molecule has 0 aliphatic heterocycles. The van der Waals surface area contributed by atoms with Crippen LogP contribution in [0.1, 0.15) is 18.1 Å². The molecule has 0 aliphatic rings. The van der Waals surface area contributed by atoms with Crippen molar-refractivity contribution in [1.82, 2.24) is 0 Å². The molecule has 0 fully saturated rings. The van der Waals surface area contributed by atoms with Crippen LogP contribution in [-0.2, 0) is 13.0 Å². The molecule has 0 radical (unpaired) electrons. The van der Waals surface area contributed by atoms with Gasteiger partial charge in [-0.3, -0.25) is 0 Å². The Labute approximate surface area is 143 Å². The highest BCUT2D eigenvalue weighted by molar-refractivity contribution is 9.10. The molecule has 2 aromatic rings. The maximum Gasteiger partial charge on any atom is 0.137 e. The second kappa shape index (κ2) is 7.50. The average Bonchev–Trinajstić information content (AvgIpc) is 2.39. The molecule has 21 heavy (non-hydrogen) atoms. The van der Waals surface area contributed by atoms with E-state index in [2.05, 4.69) is 15.9 Å². The molecule has 2 aromatic carbocycles. The van der Waals surface area contributed by atoms with Gasteiger partial charge in [0.25, 0.3) is 0 Å². The number of rotatable bonds is 5. The van der Waals surface area contributed by atoms with Gasteiger partial charge >= 0.3 is 0 Å². The molecule has 0 saturated carbocycles. The van der Waals surface area contributed by atoms with Crippen LogP contribution in [0.5, 0.6) is 5.75 Å². The Morgan fingerprint density at radius 3 is 2.62 bits per heavy atom. The van der Waals surface area contributed by atoms with Gasteiger partial charge in [0.15, 0.2) is 0 Å². The first-order valence-corrected chi connectivity index (χ1v) is 8.12. The summed E-state index contributed by atoms with van der Waals surface area (Å²) in [6.45, 7) is 2.35. The molecule has 0 amide bonds. The minimum atomic E-state index is 0.0702. The summed E-state index contributed by atoms with van der Waals surface area (Å²) in [5.74, 6) is 0.806. The summed E-state index contributed by atoms with van der Waals surface area (Å²) in [7, 11) is 0. The monoisotopic (exact) mass is 387 g/mol. The first-order valence-electron chi connectivity index (χ1n) is 6.57. The molecule has 2 rings (SSSR count). The van der Waals surface area contributed by atoms with Gasteiger partial charge < -0.3 is 10.5 Å². The highest BCUT2D eigenvalue weighted by Crippen LogP contribution is 2.31. The predicted molar refractivity (Wildman–Crippen MR) is 92.3 cm³/mol. The van der Waals surface area contributed by atoms with E-state index < -0.39 is 0 Å². The van der Waals surface area contributed by atoms with Gasteiger partial charge in [-0.1, -0.05) is 41.4 Å². The predicted octanol–water partition coefficient (Wildman–Crippen LogP) is 5.22. The van der Waals surface area contributed by atoms with E-state index in [0.717, 1.165) is 27.8 Å². The number of ether oxygens (including phenoxy) is 1. The second-order valence-electron chi connectivity index (χ2n) is 4.93. The number of para-hydroxylation sites is 1. The van der Waals surface area contributed by atoms with Crippen LogP contribution in [0.3, 0.4) is 0 Å². The summed E-state index contributed by atoms with van der Waals surface area (Å²) in [5.41, 5.74) is 7.85. The molecule has 1 unspecified atom stereocenters. The Kier molecular flexibility index (Phi) is 5.94. The van der Waals surface area contributed by atoms with Crippen molar-refractivity contribution in [1.29, 1.82) is 0 Å². The molecule has 112 valence electrons. The fourth-order valence-corrected chi connectivity index (χ4v) is 3.00. The number of nitrogens with two attached hydrogens (primary N) is 1. The molecular formula is C16H16BrCl2NO. The maximum atomic E-state index is 6.16. The van der Waals surface area contributed by atoms with Crippen LogP contribution in [0.2, 0.25) is 10.0 Å². The van der Waals surface area contributed by atoms with Gasteiger partial charge in [0, 0.05) is 21.7 Å². The van der Waals surface area contributed by atoms with Crippen molar-refractivity contribution >= 4 is 39.1 Å². The van der Waals surface area contributed by atoms with Crippen molar-refractivity contribution < 1.29 is 4.74 Å². The standard InChI is InChI=1S/C16H16BrCl2NO/c1-10(20)7-11-3-2-4-14(17)16(11)21-9-12-5-6-13(18)8-15(12)19/h2-6,8,10H,7,9,20H2,1H3. The SMILES string of the molecule is CC(N)Cc1cccc(Br)c1OCc1ccc(Cl)cc1Cl. The molecule has 2 N–H and O–H groups in total. The fourth-order valence-electron chi connectivity index (χ4n) is 2.01. The third-order valence-corrected chi connectivity index (χ3v) is 4.19. The van der Waals surface area contributed by atoms with Crippen LogP contribution < -0.4 is 10.5 Å². The Hall–Kier alpha value is -0.740. The van der Waals surface area contributed by atoms with Crippen LogP contribution in [0.15, 0.2) is 40.9 Å². The van der Waals surface area contributed by atoms with Crippen LogP contribution in [0.25, 0.3) is 0 Å². The molecule has 0 spiro atoms. The maximum absolute atomic E-state index is 6.16. The molecule has 1 atom stereocenters. The van der Waals surface area contributed by atoms with E-state index >= 15 is 0 Å². The summed E-state index contributed by atoms with van der Waals surface area (Å²) in [6, 6.07) is 11.4. The topological polar surface area (TPSA) is 35.2 Å². The third kappa shape index (κ3) is 4.62. The summed E-state index contributed by atoms with van der Waals surface area (Å²) in [4.78, 5) is 0. The lowest BCUT2D eigenvalue weighted by atomic mass is 10.1. The first kappa shape index (κ1) is 16.6. The van der Waals surface area contributed by atoms with E-state index in [1.807, 2.05) is 31.2 Å². The highest BCUT2D eigenvalue weighted by Gasteiger charge is 2.11. The Morgan fingerprint density at radius 1 is 1.19 bits per heavy atom. The number of hydrogen-bond acceptors (Lipinski definition) is 2. The number of benzene rings is 2. The smallest absolute Gasteiger partial charge is 0.137 e. The number of halogens is 3. The molecule has 0 bridgehead atoms. The number of hydrogen-bond donors (Lipinski definition) is 1. The fraction of sp³-hybridized carbons (Fsp3) is 0.250. The van der Waals surface area contributed by atoms with E-state index in [1.54, 1.807) is 12.1 Å². The third-order valence-electron chi connectivity index (χ3n) is 2.98. The van der Waals surface area contributed by atoms with Crippen molar-refractivity contribution in [3.8, 4) is 5.75 Å². The Balaban J connectivity index is 2.19. The molecule has 0 saturated heterocycles. The minimum Gasteiger partial charge on any atom is -0.487 e. The van der Waals surface area contributed by atoms with Crippen molar-refractivity contribution in [3.05, 3.63) is 62.0 Å². The van der Waals surface area contributed by atoms with Gasteiger partial charge in [0.1, 0.15) is 12.4 Å².